The number of fused-ring (bicyclic) bond motifs is 1. The molecule has 3 nitrogen and oxygen atoms in total. The van der Waals surface area contributed by atoms with Gasteiger partial charge in [-0.3, -0.25) is 0 Å². The van der Waals surface area contributed by atoms with E-state index in [1.807, 2.05) is 24.3 Å². The largest absolute Gasteiger partial charge is 0.482 e. The summed E-state index contributed by atoms with van der Waals surface area (Å²) in [6.07, 6.45) is 0. The zero-order valence-electron chi connectivity index (χ0n) is 7.93. The van der Waals surface area contributed by atoms with E-state index in [1.54, 1.807) is 12.1 Å². The molecular formula is C12H9O3. The minimum Gasteiger partial charge on any atom is -0.482 e. The molecule has 0 amide bonds. The van der Waals surface area contributed by atoms with Crippen LogP contribution >= 0.6 is 0 Å². The van der Waals surface area contributed by atoms with Crippen molar-refractivity contribution in [3.8, 4) is 5.75 Å². The molecule has 1 radical (unpaired) electrons. The van der Waals surface area contributed by atoms with Crippen LogP contribution in [0.4, 0.5) is 0 Å². The van der Waals surface area contributed by atoms with E-state index in [-0.39, 0.29) is 6.61 Å². The van der Waals surface area contributed by atoms with Crippen LogP contribution in [0.3, 0.4) is 0 Å². The highest BCUT2D eigenvalue weighted by Crippen LogP contribution is 2.20. The average Bonchev–Trinajstić information content (AvgIpc) is 2.26. The van der Waals surface area contributed by atoms with Crippen molar-refractivity contribution in [1.29, 1.82) is 0 Å². The summed E-state index contributed by atoms with van der Waals surface area (Å²) in [5, 5.41) is 10.5. The fourth-order valence-corrected chi connectivity index (χ4v) is 1.34. The molecule has 0 atom stereocenters. The SMILES string of the molecule is O=C(O)COc1ccc2cc[c]cc2c1. The Morgan fingerprint density at radius 3 is 3.00 bits per heavy atom. The molecule has 75 valence electrons. The van der Waals surface area contributed by atoms with Crippen molar-refractivity contribution in [3.63, 3.8) is 0 Å². The summed E-state index contributed by atoms with van der Waals surface area (Å²) in [5.41, 5.74) is 0. The summed E-state index contributed by atoms with van der Waals surface area (Å²) >= 11 is 0. The minimum absolute atomic E-state index is 0.317. The first-order valence-electron chi connectivity index (χ1n) is 4.50. The maximum atomic E-state index is 10.3. The van der Waals surface area contributed by atoms with E-state index in [1.165, 1.54) is 0 Å². The van der Waals surface area contributed by atoms with Gasteiger partial charge in [0.2, 0.25) is 0 Å². The van der Waals surface area contributed by atoms with E-state index in [0.29, 0.717) is 5.75 Å². The van der Waals surface area contributed by atoms with Crippen LogP contribution in [-0.2, 0) is 4.79 Å². The van der Waals surface area contributed by atoms with Gasteiger partial charge in [0.25, 0.3) is 0 Å². The van der Waals surface area contributed by atoms with Crippen molar-refractivity contribution in [2.24, 2.45) is 0 Å². The van der Waals surface area contributed by atoms with E-state index in [4.69, 9.17) is 9.84 Å². The van der Waals surface area contributed by atoms with Crippen molar-refractivity contribution in [2.45, 2.75) is 0 Å². The molecule has 15 heavy (non-hydrogen) atoms. The van der Waals surface area contributed by atoms with Crippen LogP contribution in [-0.4, -0.2) is 17.7 Å². The normalized spacial score (nSPS) is 10.1. The fraction of sp³-hybridized carbons (Fsp3) is 0.0833. The summed E-state index contributed by atoms with van der Waals surface area (Å²) in [6.45, 7) is -0.317. The standard InChI is InChI=1S/C12H9O3/c13-12(14)8-15-11-6-5-9-3-1-2-4-10(9)7-11/h1,3-7H,8H2,(H,13,14). The third kappa shape index (κ3) is 2.26. The summed E-state index contributed by atoms with van der Waals surface area (Å²) in [7, 11) is 0. The lowest BCUT2D eigenvalue weighted by molar-refractivity contribution is -0.139. The van der Waals surface area contributed by atoms with Gasteiger partial charge in [0.05, 0.1) is 0 Å². The molecule has 2 rings (SSSR count). The van der Waals surface area contributed by atoms with Crippen molar-refractivity contribution in [1.82, 2.24) is 0 Å². The Balaban J connectivity index is 2.26. The predicted octanol–water partition coefficient (Wildman–Crippen LogP) is 2.10. The van der Waals surface area contributed by atoms with Gasteiger partial charge in [0.15, 0.2) is 6.61 Å². The number of hydrogen-bond donors (Lipinski definition) is 1. The van der Waals surface area contributed by atoms with Crippen LogP contribution in [0, 0.1) is 6.07 Å². The van der Waals surface area contributed by atoms with E-state index in [2.05, 4.69) is 6.07 Å². The molecule has 0 bridgehead atoms. The smallest absolute Gasteiger partial charge is 0.341 e. The van der Waals surface area contributed by atoms with Gasteiger partial charge in [-0.15, -0.1) is 0 Å². The summed E-state index contributed by atoms with van der Waals surface area (Å²) < 4.78 is 5.06. The number of ether oxygens (including phenoxy) is 1. The van der Waals surface area contributed by atoms with Gasteiger partial charge in [0, 0.05) is 0 Å². The summed E-state index contributed by atoms with van der Waals surface area (Å²) in [5.74, 6) is -0.417. The Hall–Kier alpha value is -2.03. The molecular weight excluding hydrogens is 192 g/mol. The molecule has 2 aromatic rings. The Labute approximate surface area is 86.9 Å². The lowest BCUT2D eigenvalue weighted by Crippen LogP contribution is -2.09. The average molecular weight is 201 g/mol. The number of carboxylic acids is 1. The maximum absolute atomic E-state index is 10.3. The molecule has 3 heteroatoms. The fourth-order valence-electron chi connectivity index (χ4n) is 1.34. The Morgan fingerprint density at radius 2 is 2.20 bits per heavy atom. The van der Waals surface area contributed by atoms with E-state index < -0.39 is 5.97 Å². The number of carbonyl (C=O) groups is 1. The number of rotatable bonds is 3. The third-order valence-electron chi connectivity index (χ3n) is 2.02. The van der Waals surface area contributed by atoms with Crippen LogP contribution in [0.1, 0.15) is 0 Å². The third-order valence-corrected chi connectivity index (χ3v) is 2.02. The molecule has 0 spiro atoms. The number of aliphatic carboxylic acids is 1. The molecule has 0 fully saturated rings. The Morgan fingerprint density at radius 1 is 1.33 bits per heavy atom. The van der Waals surface area contributed by atoms with Crippen molar-refractivity contribution in [2.75, 3.05) is 6.61 Å². The van der Waals surface area contributed by atoms with Gasteiger partial charge in [0.1, 0.15) is 5.75 Å². The molecule has 0 aliphatic rings. The molecule has 0 aliphatic carbocycles. The van der Waals surface area contributed by atoms with Gasteiger partial charge < -0.3 is 9.84 Å². The first-order valence-corrected chi connectivity index (χ1v) is 4.50. The summed E-state index contributed by atoms with van der Waals surface area (Å²) in [6, 6.07) is 14.0. The second-order valence-electron chi connectivity index (χ2n) is 3.12. The molecule has 1 N–H and O–H groups in total. The molecule has 0 unspecified atom stereocenters. The molecule has 0 aromatic heterocycles. The number of carboxylic acid groups (broad SMARTS) is 1. The Kier molecular flexibility index (Phi) is 2.54. The lowest BCUT2D eigenvalue weighted by atomic mass is 10.1. The van der Waals surface area contributed by atoms with E-state index in [9.17, 15) is 4.79 Å². The number of hydrogen-bond acceptors (Lipinski definition) is 2. The maximum Gasteiger partial charge on any atom is 0.341 e. The molecule has 0 saturated heterocycles. The van der Waals surface area contributed by atoms with Crippen LogP contribution in [0.2, 0.25) is 0 Å². The monoisotopic (exact) mass is 201 g/mol. The van der Waals surface area contributed by atoms with Gasteiger partial charge in [-0.1, -0.05) is 18.2 Å². The topological polar surface area (TPSA) is 46.5 Å². The zero-order chi connectivity index (χ0) is 10.7. The van der Waals surface area contributed by atoms with Gasteiger partial charge >= 0.3 is 5.97 Å². The first-order chi connectivity index (χ1) is 7.25. The second-order valence-corrected chi connectivity index (χ2v) is 3.12. The highest BCUT2D eigenvalue weighted by atomic mass is 16.5. The first kappa shape index (κ1) is 9.52. The molecule has 0 aliphatic heterocycles. The lowest BCUT2D eigenvalue weighted by Gasteiger charge is -2.04. The Bertz CT molecular complexity index is 491. The van der Waals surface area contributed by atoms with Crippen molar-refractivity contribution < 1.29 is 14.6 Å². The highest BCUT2D eigenvalue weighted by molar-refractivity contribution is 5.83. The van der Waals surface area contributed by atoms with Crippen molar-refractivity contribution in [3.05, 3.63) is 42.5 Å². The molecule has 0 heterocycles. The van der Waals surface area contributed by atoms with E-state index >= 15 is 0 Å². The van der Waals surface area contributed by atoms with E-state index in [0.717, 1.165) is 10.8 Å². The summed E-state index contributed by atoms with van der Waals surface area (Å²) in [4.78, 5) is 10.3. The molecule has 2 aromatic carbocycles. The van der Waals surface area contributed by atoms with Crippen LogP contribution < -0.4 is 4.74 Å². The van der Waals surface area contributed by atoms with Gasteiger partial charge in [-0.2, -0.15) is 0 Å². The zero-order valence-corrected chi connectivity index (χ0v) is 7.93. The molecule has 0 saturated carbocycles. The highest BCUT2D eigenvalue weighted by Gasteiger charge is 2.00. The van der Waals surface area contributed by atoms with Gasteiger partial charge in [-0.05, 0) is 35.0 Å². The van der Waals surface area contributed by atoms with Crippen molar-refractivity contribution >= 4 is 16.7 Å². The second kappa shape index (κ2) is 4.00. The minimum atomic E-state index is -0.977. The van der Waals surface area contributed by atoms with Crippen LogP contribution in [0.5, 0.6) is 5.75 Å². The van der Waals surface area contributed by atoms with Crippen LogP contribution in [0.25, 0.3) is 10.8 Å². The van der Waals surface area contributed by atoms with Crippen LogP contribution in [0.15, 0.2) is 36.4 Å². The predicted molar refractivity (Wildman–Crippen MR) is 55.9 cm³/mol. The number of benzene rings is 2. The van der Waals surface area contributed by atoms with Gasteiger partial charge in [-0.25, -0.2) is 4.79 Å². The quantitative estimate of drug-likeness (QED) is 0.827.